The van der Waals surface area contributed by atoms with E-state index < -0.39 is 5.92 Å². The second-order valence-electron chi connectivity index (χ2n) is 6.79. The molecule has 30 heavy (non-hydrogen) atoms. The molecule has 158 valence electrons. The number of ketones is 1. The Morgan fingerprint density at radius 2 is 1.83 bits per heavy atom. The maximum atomic E-state index is 13.2. The number of nitrogens with zero attached hydrogens (tertiary/aromatic N) is 2. The molecule has 0 spiro atoms. The summed E-state index contributed by atoms with van der Waals surface area (Å²) in [5.41, 5.74) is 7.48. The fourth-order valence-electron chi connectivity index (χ4n) is 3.09. The summed E-state index contributed by atoms with van der Waals surface area (Å²) < 4.78 is 16.5. The molecule has 0 radical (unpaired) electrons. The Bertz CT molecular complexity index is 941. The molecule has 1 unspecified atom stereocenters. The third-order valence-corrected chi connectivity index (χ3v) is 4.75. The summed E-state index contributed by atoms with van der Waals surface area (Å²) in [6, 6.07) is 14.6. The number of anilines is 1. The van der Waals surface area contributed by atoms with Gasteiger partial charge in [0.05, 0.1) is 26.5 Å². The summed E-state index contributed by atoms with van der Waals surface area (Å²) in [6.45, 7) is 2.62. The third-order valence-electron chi connectivity index (χ3n) is 4.75. The van der Waals surface area contributed by atoms with Crippen molar-refractivity contribution in [2.24, 2.45) is 16.8 Å². The third kappa shape index (κ3) is 4.56. The molecule has 2 aromatic rings. The number of ether oxygens (including phenoxy) is 3. The maximum Gasteiger partial charge on any atom is 0.212 e. The summed E-state index contributed by atoms with van der Waals surface area (Å²) in [7, 11) is 3.08. The quantitative estimate of drug-likeness (QED) is 0.498. The molecule has 3 rings (SSSR count). The summed E-state index contributed by atoms with van der Waals surface area (Å²) in [6.07, 6.45) is 3.62. The van der Waals surface area contributed by atoms with Crippen molar-refractivity contribution in [3.05, 3.63) is 66.1 Å². The second-order valence-corrected chi connectivity index (χ2v) is 6.79. The van der Waals surface area contributed by atoms with Crippen LogP contribution in [-0.4, -0.2) is 32.4 Å². The van der Waals surface area contributed by atoms with Gasteiger partial charge in [0.1, 0.15) is 11.8 Å². The zero-order valence-corrected chi connectivity index (χ0v) is 17.5. The van der Waals surface area contributed by atoms with Gasteiger partial charge in [0.25, 0.3) is 0 Å². The number of unbranched alkanes of at least 4 members (excludes halogenated alkanes) is 1. The normalized spacial score (nSPS) is 15.8. The molecule has 1 atom stereocenters. The lowest BCUT2D eigenvalue weighted by atomic mass is 9.95. The van der Waals surface area contributed by atoms with Crippen molar-refractivity contribution in [3.63, 3.8) is 0 Å². The van der Waals surface area contributed by atoms with Gasteiger partial charge in [-0.25, -0.2) is 0 Å². The number of amidine groups is 1. The Hall–Kier alpha value is -3.48. The van der Waals surface area contributed by atoms with Crippen LogP contribution in [0.5, 0.6) is 11.5 Å². The first-order valence-electron chi connectivity index (χ1n) is 9.89. The van der Waals surface area contributed by atoms with Gasteiger partial charge in [-0.1, -0.05) is 31.5 Å². The molecule has 0 amide bonds. The van der Waals surface area contributed by atoms with Gasteiger partial charge >= 0.3 is 0 Å². The number of hydrogen-bond acceptors (Lipinski definition) is 7. The van der Waals surface area contributed by atoms with Crippen molar-refractivity contribution in [2.45, 2.75) is 19.8 Å². The number of para-hydroxylation sites is 1. The van der Waals surface area contributed by atoms with Gasteiger partial charge in [0.2, 0.25) is 5.88 Å². The van der Waals surface area contributed by atoms with Gasteiger partial charge in [0.15, 0.2) is 17.3 Å². The topological polar surface area (TPSA) is 86.4 Å². The first kappa shape index (κ1) is 21.2. The van der Waals surface area contributed by atoms with Crippen molar-refractivity contribution in [3.8, 4) is 11.5 Å². The van der Waals surface area contributed by atoms with E-state index in [1.807, 2.05) is 30.3 Å². The van der Waals surface area contributed by atoms with E-state index in [1.165, 1.54) is 7.11 Å². The van der Waals surface area contributed by atoms with Crippen molar-refractivity contribution >= 4 is 17.3 Å². The van der Waals surface area contributed by atoms with Gasteiger partial charge in [-0.15, -0.1) is 0 Å². The first-order valence-corrected chi connectivity index (χ1v) is 9.89. The number of Topliss-reactive ketones (excluding diaryl/α,β-unsaturated/α-hetero) is 1. The van der Waals surface area contributed by atoms with Gasteiger partial charge in [0, 0.05) is 5.56 Å². The molecule has 0 fully saturated rings. The molecule has 0 saturated heterocycles. The molecular formula is C23H27N3O4. The van der Waals surface area contributed by atoms with E-state index in [-0.39, 0.29) is 11.6 Å². The molecule has 0 saturated carbocycles. The fraction of sp³-hybridized carbons (Fsp3) is 0.304. The average molecular weight is 409 g/mol. The highest BCUT2D eigenvalue weighted by Crippen LogP contribution is 2.31. The van der Waals surface area contributed by atoms with E-state index in [2.05, 4.69) is 12.0 Å². The van der Waals surface area contributed by atoms with E-state index in [0.717, 1.165) is 18.5 Å². The lowest BCUT2D eigenvalue weighted by Gasteiger charge is -2.28. The minimum Gasteiger partial charge on any atom is -0.493 e. The number of methoxy groups -OCH3 is 2. The molecule has 2 N–H and O–H groups in total. The lowest BCUT2D eigenvalue weighted by Crippen LogP contribution is -2.37. The number of rotatable bonds is 9. The molecule has 0 aliphatic carbocycles. The monoisotopic (exact) mass is 409 g/mol. The van der Waals surface area contributed by atoms with Gasteiger partial charge in [-0.05, 0) is 42.8 Å². The maximum absolute atomic E-state index is 13.2. The van der Waals surface area contributed by atoms with Gasteiger partial charge in [-0.3, -0.25) is 4.79 Å². The Morgan fingerprint density at radius 1 is 1.10 bits per heavy atom. The molecule has 1 heterocycles. The number of hydrazone groups is 1. The first-order chi connectivity index (χ1) is 14.6. The molecule has 0 aromatic heterocycles. The largest absolute Gasteiger partial charge is 0.493 e. The highest BCUT2D eigenvalue weighted by atomic mass is 16.5. The van der Waals surface area contributed by atoms with Crippen molar-refractivity contribution in [1.29, 1.82) is 0 Å². The van der Waals surface area contributed by atoms with E-state index >= 15 is 0 Å². The van der Waals surface area contributed by atoms with E-state index in [4.69, 9.17) is 19.9 Å². The molecule has 7 nitrogen and oxygen atoms in total. The predicted octanol–water partition coefficient (Wildman–Crippen LogP) is 3.95. The lowest BCUT2D eigenvalue weighted by molar-refractivity contribution is 0.0966. The van der Waals surface area contributed by atoms with Gasteiger partial charge in [-0.2, -0.15) is 10.1 Å². The minimum atomic E-state index is -0.736. The number of hydrogen-bond donors (Lipinski definition) is 1. The van der Waals surface area contributed by atoms with E-state index in [0.29, 0.717) is 29.6 Å². The SMILES string of the molecule is CCCCOC1=CC(C(=O)c2ccc(OC)c(OC)c2)C(N)=NN1c1ccccc1. The van der Waals surface area contributed by atoms with Crippen LogP contribution in [0.3, 0.4) is 0 Å². The van der Waals surface area contributed by atoms with Gasteiger partial charge < -0.3 is 19.9 Å². The second kappa shape index (κ2) is 9.82. The molecule has 1 aliphatic heterocycles. The highest BCUT2D eigenvalue weighted by molar-refractivity contribution is 6.13. The van der Waals surface area contributed by atoms with Crippen LogP contribution in [0.2, 0.25) is 0 Å². The Kier molecular flexibility index (Phi) is 6.95. The number of carbonyl (C=O) groups excluding carboxylic acids is 1. The summed E-state index contributed by atoms with van der Waals surface area (Å²) in [5.74, 6) is 0.781. The van der Waals surface area contributed by atoms with Crippen LogP contribution in [0, 0.1) is 5.92 Å². The smallest absolute Gasteiger partial charge is 0.212 e. The fourth-order valence-corrected chi connectivity index (χ4v) is 3.09. The van der Waals surface area contributed by atoms with Crippen LogP contribution in [0.4, 0.5) is 5.69 Å². The van der Waals surface area contributed by atoms with Crippen molar-refractivity contribution < 1.29 is 19.0 Å². The molecule has 7 heteroatoms. The van der Waals surface area contributed by atoms with E-state index in [1.54, 1.807) is 36.4 Å². The number of nitrogens with two attached hydrogens (primary N) is 1. The Morgan fingerprint density at radius 3 is 2.50 bits per heavy atom. The predicted molar refractivity (Wildman–Crippen MR) is 117 cm³/mol. The molecular weight excluding hydrogens is 382 g/mol. The van der Waals surface area contributed by atoms with E-state index in [9.17, 15) is 4.79 Å². The van der Waals surface area contributed by atoms with Crippen molar-refractivity contribution in [1.82, 2.24) is 0 Å². The molecule has 1 aliphatic rings. The van der Waals surface area contributed by atoms with Crippen LogP contribution < -0.4 is 20.2 Å². The summed E-state index contributed by atoms with van der Waals surface area (Å²) >= 11 is 0. The minimum absolute atomic E-state index is 0.193. The summed E-state index contributed by atoms with van der Waals surface area (Å²) in [5, 5.41) is 6.10. The Balaban J connectivity index is 1.93. The molecule has 0 bridgehead atoms. The average Bonchev–Trinajstić information content (AvgIpc) is 2.79. The number of carbonyl (C=O) groups is 1. The van der Waals surface area contributed by atoms with Crippen LogP contribution in [-0.2, 0) is 4.74 Å². The van der Waals surface area contributed by atoms with Crippen LogP contribution in [0.1, 0.15) is 30.1 Å². The summed E-state index contributed by atoms with van der Waals surface area (Å²) in [4.78, 5) is 13.2. The molecule has 2 aromatic carbocycles. The zero-order chi connectivity index (χ0) is 21.5. The highest BCUT2D eigenvalue weighted by Gasteiger charge is 2.30. The van der Waals surface area contributed by atoms with Crippen LogP contribution in [0.25, 0.3) is 0 Å². The zero-order valence-electron chi connectivity index (χ0n) is 17.5. The Labute approximate surface area is 176 Å². The van der Waals surface area contributed by atoms with Crippen molar-refractivity contribution in [2.75, 3.05) is 25.8 Å². The van der Waals surface area contributed by atoms with Crippen LogP contribution in [0.15, 0.2) is 65.6 Å². The van der Waals surface area contributed by atoms with Crippen LogP contribution >= 0.6 is 0 Å². The number of benzene rings is 2. The standard InChI is InChI=1S/C23H27N3O4/c1-4-5-13-30-21-15-18(23(24)25-26(21)17-9-7-6-8-10-17)22(27)16-11-12-19(28-2)20(14-16)29-3/h6-12,14-15,18H,4-5,13H2,1-3H3,(H2,24,25).